The zero-order valence-electron chi connectivity index (χ0n) is 13.6. The monoisotopic (exact) mass is 338 g/mol. The molecule has 1 saturated carbocycles. The van der Waals surface area contributed by atoms with Crippen molar-refractivity contribution in [1.82, 2.24) is 0 Å². The van der Waals surface area contributed by atoms with E-state index >= 15 is 0 Å². The number of aliphatic carboxylic acids is 1. The fraction of sp³-hybridized carbons (Fsp3) is 0.300. The van der Waals surface area contributed by atoms with Gasteiger partial charge in [-0.25, -0.2) is 0 Å². The third kappa shape index (κ3) is 2.65. The molecule has 0 spiro atoms. The lowest BCUT2D eigenvalue weighted by atomic mass is 9.73. The van der Waals surface area contributed by atoms with Gasteiger partial charge in [0.1, 0.15) is 17.1 Å². The highest BCUT2D eigenvalue weighted by atomic mass is 16.4. The van der Waals surface area contributed by atoms with Crippen LogP contribution in [0.25, 0.3) is 22.3 Å². The smallest absolute Gasteiger partial charge is 0.307 e. The van der Waals surface area contributed by atoms with Gasteiger partial charge in [0.15, 0.2) is 5.43 Å². The molecule has 0 unspecified atom stereocenters. The molecule has 2 N–H and O–H groups in total. The summed E-state index contributed by atoms with van der Waals surface area (Å²) in [5.41, 5.74) is 1.97. The molecule has 128 valence electrons. The Morgan fingerprint density at radius 3 is 2.68 bits per heavy atom. The van der Waals surface area contributed by atoms with Crippen LogP contribution in [0.4, 0.5) is 0 Å². The normalized spacial score (nSPS) is 20.8. The van der Waals surface area contributed by atoms with E-state index in [4.69, 9.17) is 4.42 Å². The first-order valence-electron chi connectivity index (χ1n) is 8.47. The van der Waals surface area contributed by atoms with Gasteiger partial charge in [-0.3, -0.25) is 9.59 Å². The van der Waals surface area contributed by atoms with Crippen LogP contribution in [-0.4, -0.2) is 16.2 Å². The van der Waals surface area contributed by atoms with Crippen LogP contribution in [0.5, 0.6) is 5.75 Å². The molecule has 0 radical (unpaired) electrons. The maximum Gasteiger partial charge on any atom is 0.307 e. The minimum absolute atomic E-state index is 0.0678. The molecule has 1 fully saturated rings. The highest BCUT2D eigenvalue weighted by molar-refractivity contribution is 5.90. The quantitative estimate of drug-likeness (QED) is 0.691. The Kier molecular flexibility index (Phi) is 3.71. The predicted octanol–water partition coefficient (Wildman–Crippen LogP) is 3.96. The first-order valence-corrected chi connectivity index (χ1v) is 8.47. The van der Waals surface area contributed by atoms with Crippen molar-refractivity contribution in [1.29, 1.82) is 0 Å². The lowest BCUT2D eigenvalue weighted by molar-refractivity contribution is -0.143. The summed E-state index contributed by atoms with van der Waals surface area (Å²) in [5.74, 6) is -0.891. The van der Waals surface area contributed by atoms with Gasteiger partial charge < -0.3 is 14.6 Å². The van der Waals surface area contributed by atoms with Crippen LogP contribution in [0, 0.1) is 5.92 Å². The van der Waals surface area contributed by atoms with E-state index in [2.05, 4.69) is 0 Å². The second kappa shape index (κ2) is 5.92. The lowest BCUT2D eigenvalue weighted by Gasteiger charge is -2.31. The standard InChI is InChI=1S/C20H18O5/c21-11-5-7-15-17(9-11)25-18-10-12(22)6-8-16(18)19(15)13-3-1-2-4-14(13)20(23)24/h5-10,13-14,21H,1-4H2,(H,23,24)/t13-,14+/m0/s1. The molecule has 2 aliphatic carbocycles. The molecule has 1 heterocycles. The topological polar surface area (TPSA) is 87.7 Å². The molecule has 5 nitrogen and oxygen atoms in total. The van der Waals surface area contributed by atoms with Gasteiger partial charge in [0.05, 0.1) is 5.92 Å². The van der Waals surface area contributed by atoms with Crippen molar-refractivity contribution in [3.8, 4) is 17.1 Å². The van der Waals surface area contributed by atoms with Gasteiger partial charge in [-0.2, -0.15) is 0 Å². The molecule has 0 amide bonds. The Labute approximate surface area is 143 Å². The molecule has 2 atom stereocenters. The SMILES string of the molecule is O=C(O)[C@@H]1CCCC[C@@H]1c1c2ccc(=O)cc-2oc2cc(O)ccc12. The Morgan fingerprint density at radius 1 is 1.08 bits per heavy atom. The molecule has 1 aromatic carbocycles. The molecule has 0 bridgehead atoms. The van der Waals surface area contributed by atoms with E-state index in [-0.39, 0.29) is 17.1 Å². The number of carboxylic acids is 1. The summed E-state index contributed by atoms with van der Waals surface area (Å²) in [4.78, 5) is 23.5. The Balaban J connectivity index is 2.05. The van der Waals surface area contributed by atoms with Crippen LogP contribution in [0.3, 0.4) is 0 Å². The Bertz CT molecular complexity index is 987. The molecule has 5 heteroatoms. The van der Waals surface area contributed by atoms with Gasteiger partial charge in [-0.15, -0.1) is 0 Å². The molecule has 4 rings (SSSR count). The second-order valence-corrected chi connectivity index (χ2v) is 6.69. The van der Waals surface area contributed by atoms with Crippen molar-refractivity contribution in [2.24, 2.45) is 5.92 Å². The van der Waals surface area contributed by atoms with Crippen molar-refractivity contribution in [2.45, 2.75) is 31.6 Å². The van der Waals surface area contributed by atoms with E-state index < -0.39 is 11.9 Å². The fourth-order valence-electron chi connectivity index (χ4n) is 4.06. The molecule has 1 aromatic rings. The highest BCUT2D eigenvalue weighted by Crippen LogP contribution is 2.46. The van der Waals surface area contributed by atoms with Crippen LogP contribution in [0.15, 0.2) is 45.6 Å². The van der Waals surface area contributed by atoms with E-state index in [0.29, 0.717) is 17.8 Å². The molecule has 25 heavy (non-hydrogen) atoms. The zero-order chi connectivity index (χ0) is 17.6. The van der Waals surface area contributed by atoms with Crippen LogP contribution < -0.4 is 5.43 Å². The van der Waals surface area contributed by atoms with Gasteiger partial charge in [-0.1, -0.05) is 12.8 Å². The van der Waals surface area contributed by atoms with Gasteiger partial charge in [-0.05, 0) is 48.6 Å². The summed E-state index contributed by atoms with van der Waals surface area (Å²) >= 11 is 0. The van der Waals surface area contributed by atoms with E-state index in [1.54, 1.807) is 18.2 Å². The number of phenolic OH excluding ortho intramolecular Hbond substituents is 1. The van der Waals surface area contributed by atoms with Gasteiger partial charge >= 0.3 is 5.97 Å². The molecule has 3 aliphatic rings. The number of carboxylic acid groups (broad SMARTS) is 1. The molecule has 0 aromatic heterocycles. The number of benzene rings is 2. The molecule has 0 saturated heterocycles. The summed E-state index contributed by atoms with van der Waals surface area (Å²) in [5, 5.41) is 20.3. The summed E-state index contributed by atoms with van der Waals surface area (Å²) in [7, 11) is 0. The largest absolute Gasteiger partial charge is 0.508 e. The molecular weight excluding hydrogens is 320 g/mol. The first kappa shape index (κ1) is 15.7. The zero-order valence-corrected chi connectivity index (χ0v) is 13.6. The van der Waals surface area contributed by atoms with Gasteiger partial charge in [0, 0.05) is 23.1 Å². The first-order chi connectivity index (χ1) is 12.0. The van der Waals surface area contributed by atoms with Crippen molar-refractivity contribution in [2.75, 3.05) is 0 Å². The minimum Gasteiger partial charge on any atom is -0.508 e. The van der Waals surface area contributed by atoms with Crippen molar-refractivity contribution in [3.05, 3.63) is 52.2 Å². The van der Waals surface area contributed by atoms with Crippen molar-refractivity contribution in [3.63, 3.8) is 0 Å². The van der Waals surface area contributed by atoms with Crippen molar-refractivity contribution < 1.29 is 19.4 Å². The van der Waals surface area contributed by atoms with E-state index in [9.17, 15) is 19.8 Å². The van der Waals surface area contributed by atoms with Crippen LogP contribution in [0.2, 0.25) is 0 Å². The highest BCUT2D eigenvalue weighted by Gasteiger charge is 2.35. The molecular formula is C20H18O5. The fourth-order valence-corrected chi connectivity index (χ4v) is 4.06. The maximum atomic E-state index is 11.8. The Hall–Kier alpha value is -2.82. The minimum atomic E-state index is -0.786. The predicted molar refractivity (Wildman–Crippen MR) is 93.1 cm³/mol. The number of carbonyl (C=O) groups is 1. The summed E-state index contributed by atoms with van der Waals surface area (Å²) in [6, 6.07) is 9.47. The summed E-state index contributed by atoms with van der Waals surface area (Å²) in [6.07, 6.45) is 3.31. The number of hydrogen-bond acceptors (Lipinski definition) is 4. The van der Waals surface area contributed by atoms with Crippen LogP contribution in [0.1, 0.15) is 37.2 Å². The third-order valence-electron chi connectivity index (χ3n) is 5.17. The maximum absolute atomic E-state index is 11.8. The van der Waals surface area contributed by atoms with Crippen LogP contribution >= 0.6 is 0 Å². The lowest BCUT2D eigenvalue weighted by Crippen LogP contribution is -2.26. The summed E-state index contributed by atoms with van der Waals surface area (Å²) in [6.45, 7) is 0. The van der Waals surface area contributed by atoms with Gasteiger partial charge in [0.25, 0.3) is 0 Å². The van der Waals surface area contributed by atoms with Gasteiger partial charge in [0.2, 0.25) is 0 Å². The van der Waals surface area contributed by atoms with E-state index in [1.165, 1.54) is 18.2 Å². The summed E-state index contributed by atoms with van der Waals surface area (Å²) < 4.78 is 5.83. The second-order valence-electron chi connectivity index (χ2n) is 6.69. The average Bonchev–Trinajstić information content (AvgIpc) is 2.59. The number of phenols is 1. The number of fused-ring (bicyclic) bond motifs is 2. The number of aromatic hydroxyl groups is 1. The van der Waals surface area contributed by atoms with Crippen molar-refractivity contribution >= 4 is 16.9 Å². The third-order valence-corrected chi connectivity index (χ3v) is 5.17. The van der Waals surface area contributed by atoms with Crippen LogP contribution in [-0.2, 0) is 4.79 Å². The molecule has 1 aliphatic heterocycles. The van der Waals surface area contributed by atoms with E-state index in [1.807, 2.05) is 0 Å². The van der Waals surface area contributed by atoms with E-state index in [0.717, 1.165) is 35.8 Å². The number of rotatable bonds is 2. The Morgan fingerprint density at radius 2 is 1.88 bits per heavy atom. The number of hydrogen-bond donors (Lipinski definition) is 2. The average molecular weight is 338 g/mol.